The first-order valence-corrected chi connectivity index (χ1v) is 6.88. The molecule has 0 spiro atoms. The number of anilines is 1. The summed E-state index contributed by atoms with van der Waals surface area (Å²) >= 11 is 5.97. The summed E-state index contributed by atoms with van der Waals surface area (Å²) in [4.78, 5) is 24.8. The van der Waals surface area contributed by atoms with E-state index in [1.54, 1.807) is 0 Å². The third kappa shape index (κ3) is 2.39. The van der Waals surface area contributed by atoms with E-state index in [2.05, 4.69) is 5.32 Å². The number of benzene rings is 2. The largest absolute Gasteiger partial charge is 0.507 e. The molecule has 0 heterocycles. The molecule has 2 aromatic rings. The first-order valence-electron chi connectivity index (χ1n) is 6.50. The summed E-state index contributed by atoms with van der Waals surface area (Å²) < 4.78 is 0. The average molecular weight is 332 g/mol. The van der Waals surface area contributed by atoms with Gasteiger partial charge in [0.15, 0.2) is 11.5 Å². The molecule has 0 amide bonds. The molecule has 1 aliphatic rings. The van der Waals surface area contributed by atoms with Crippen molar-refractivity contribution in [1.29, 1.82) is 0 Å². The predicted molar refractivity (Wildman–Crippen MR) is 83.0 cm³/mol. The van der Waals surface area contributed by atoms with Crippen molar-refractivity contribution in [3.63, 3.8) is 0 Å². The van der Waals surface area contributed by atoms with Gasteiger partial charge in [-0.1, -0.05) is 17.7 Å². The predicted octanol–water partition coefficient (Wildman–Crippen LogP) is 2.74. The van der Waals surface area contributed by atoms with Crippen LogP contribution < -0.4 is 5.32 Å². The summed E-state index contributed by atoms with van der Waals surface area (Å²) in [5.74, 6) is -2.27. The van der Waals surface area contributed by atoms with Gasteiger partial charge in [0.1, 0.15) is 16.5 Å². The van der Waals surface area contributed by atoms with Crippen LogP contribution in [0.3, 0.4) is 0 Å². The number of nitrogens with one attached hydrogen (secondary N) is 1. The summed E-state index contributed by atoms with van der Waals surface area (Å²) in [5, 5.41) is 30.8. The van der Waals surface area contributed by atoms with Crippen LogP contribution in [-0.4, -0.2) is 26.9 Å². The van der Waals surface area contributed by atoms with E-state index >= 15 is 0 Å². The Kier molecular flexibility index (Phi) is 3.46. The van der Waals surface area contributed by atoms with Crippen LogP contribution in [0.15, 0.2) is 47.1 Å². The maximum atomic E-state index is 12.5. The number of halogens is 1. The number of hydrogen-bond acceptors (Lipinski definition) is 6. The zero-order valence-corrected chi connectivity index (χ0v) is 12.3. The van der Waals surface area contributed by atoms with E-state index in [0.717, 1.165) is 0 Å². The van der Waals surface area contributed by atoms with Crippen molar-refractivity contribution in [3.05, 3.63) is 58.3 Å². The summed E-state index contributed by atoms with van der Waals surface area (Å²) in [7, 11) is 0. The molecule has 116 valence electrons. The minimum Gasteiger partial charge on any atom is -0.507 e. The van der Waals surface area contributed by atoms with Crippen molar-refractivity contribution in [2.45, 2.75) is 0 Å². The highest BCUT2D eigenvalue weighted by molar-refractivity contribution is 6.50. The van der Waals surface area contributed by atoms with Crippen molar-refractivity contribution in [2.75, 3.05) is 5.32 Å². The quantitative estimate of drug-likeness (QED) is 0.498. The number of aromatic hydroxyl groups is 3. The molecular weight excluding hydrogens is 322 g/mol. The molecule has 0 fully saturated rings. The number of phenolic OH excluding ortho intramolecular Hbond substituents is 3. The van der Waals surface area contributed by atoms with E-state index in [9.17, 15) is 24.9 Å². The van der Waals surface area contributed by atoms with Crippen molar-refractivity contribution in [2.24, 2.45) is 0 Å². The fraction of sp³-hybridized carbons (Fsp3) is 0. The average Bonchev–Trinajstić information content (AvgIpc) is 2.52. The number of allylic oxidation sites excluding steroid dienone is 2. The Labute approximate surface area is 135 Å². The van der Waals surface area contributed by atoms with Gasteiger partial charge < -0.3 is 20.6 Å². The SMILES string of the molecule is O=C1C(Nc2ccc(O)c(O)c2)=C(Cl)C(=O)c2c(O)cccc21. The van der Waals surface area contributed by atoms with E-state index in [4.69, 9.17) is 11.6 Å². The minimum atomic E-state index is -0.676. The highest BCUT2D eigenvalue weighted by Gasteiger charge is 2.33. The van der Waals surface area contributed by atoms with E-state index < -0.39 is 11.6 Å². The van der Waals surface area contributed by atoms with Crippen LogP contribution in [0.4, 0.5) is 5.69 Å². The molecule has 0 atom stereocenters. The molecule has 0 aliphatic heterocycles. The minimum absolute atomic E-state index is 0.0323. The Bertz CT molecular complexity index is 888. The van der Waals surface area contributed by atoms with Crippen molar-refractivity contribution >= 4 is 28.9 Å². The van der Waals surface area contributed by atoms with Crippen LogP contribution in [0, 0.1) is 0 Å². The van der Waals surface area contributed by atoms with Crippen molar-refractivity contribution < 1.29 is 24.9 Å². The van der Waals surface area contributed by atoms with Crippen molar-refractivity contribution in [1.82, 2.24) is 0 Å². The number of phenols is 3. The molecule has 0 saturated carbocycles. The molecule has 0 radical (unpaired) electrons. The summed E-state index contributed by atoms with van der Waals surface area (Å²) in [5.41, 5.74) is -0.00966. The summed E-state index contributed by atoms with van der Waals surface area (Å²) in [6.07, 6.45) is 0. The zero-order valence-electron chi connectivity index (χ0n) is 11.5. The second kappa shape index (κ2) is 5.33. The Morgan fingerprint density at radius 1 is 0.870 bits per heavy atom. The highest BCUT2D eigenvalue weighted by atomic mass is 35.5. The molecule has 0 bridgehead atoms. The zero-order chi connectivity index (χ0) is 16.7. The van der Waals surface area contributed by atoms with Crippen LogP contribution in [0.2, 0.25) is 0 Å². The van der Waals surface area contributed by atoms with E-state index in [1.165, 1.54) is 36.4 Å². The molecular formula is C16H10ClNO5. The molecule has 2 aromatic carbocycles. The van der Waals surface area contributed by atoms with Gasteiger partial charge in [0.05, 0.1) is 5.56 Å². The first-order chi connectivity index (χ1) is 10.9. The van der Waals surface area contributed by atoms with Gasteiger partial charge in [-0.25, -0.2) is 0 Å². The second-order valence-electron chi connectivity index (χ2n) is 4.88. The lowest BCUT2D eigenvalue weighted by Gasteiger charge is -2.19. The number of rotatable bonds is 2. The van der Waals surface area contributed by atoms with Crippen LogP contribution in [0.5, 0.6) is 17.2 Å². The molecule has 1 aliphatic carbocycles. The smallest absolute Gasteiger partial charge is 0.211 e. The Hall–Kier alpha value is -2.99. The van der Waals surface area contributed by atoms with E-state index in [1.807, 2.05) is 0 Å². The van der Waals surface area contributed by atoms with Gasteiger partial charge in [0, 0.05) is 17.3 Å². The molecule has 6 nitrogen and oxygen atoms in total. The standard InChI is InChI=1S/C16H10ClNO5/c17-13-14(18-7-4-5-9(19)11(21)6-7)15(22)8-2-1-3-10(20)12(8)16(13)23/h1-6,18-21H. The third-order valence-corrected chi connectivity index (χ3v) is 3.77. The van der Waals surface area contributed by atoms with Gasteiger partial charge in [-0.3, -0.25) is 9.59 Å². The van der Waals surface area contributed by atoms with Gasteiger partial charge in [-0.05, 0) is 24.3 Å². The second-order valence-corrected chi connectivity index (χ2v) is 5.25. The van der Waals surface area contributed by atoms with Gasteiger partial charge in [-0.15, -0.1) is 0 Å². The Balaban J connectivity index is 2.06. The van der Waals surface area contributed by atoms with Crippen molar-refractivity contribution in [3.8, 4) is 17.2 Å². The highest BCUT2D eigenvalue weighted by Crippen LogP contribution is 2.35. The monoisotopic (exact) mass is 331 g/mol. The maximum absolute atomic E-state index is 12.5. The maximum Gasteiger partial charge on any atom is 0.211 e. The first kappa shape index (κ1) is 14.9. The van der Waals surface area contributed by atoms with Gasteiger partial charge in [-0.2, -0.15) is 0 Å². The Morgan fingerprint density at radius 2 is 1.61 bits per heavy atom. The van der Waals surface area contributed by atoms with Gasteiger partial charge >= 0.3 is 0 Å². The molecule has 7 heteroatoms. The molecule has 23 heavy (non-hydrogen) atoms. The number of carbonyl (C=O) groups excluding carboxylic acids is 2. The van der Waals surface area contributed by atoms with Crippen LogP contribution in [0.25, 0.3) is 0 Å². The third-order valence-electron chi connectivity index (χ3n) is 3.40. The number of ketones is 2. The number of carbonyl (C=O) groups is 2. The van der Waals surface area contributed by atoms with E-state index in [0.29, 0.717) is 0 Å². The van der Waals surface area contributed by atoms with Gasteiger partial charge in [0.2, 0.25) is 11.6 Å². The van der Waals surface area contributed by atoms with Crippen LogP contribution >= 0.6 is 11.6 Å². The summed E-state index contributed by atoms with van der Waals surface area (Å²) in [6, 6.07) is 7.97. The number of fused-ring (bicyclic) bond motifs is 1. The molecule has 3 rings (SSSR count). The number of hydrogen-bond donors (Lipinski definition) is 4. The lowest BCUT2D eigenvalue weighted by molar-refractivity contribution is 0.0979. The molecule has 0 saturated heterocycles. The van der Waals surface area contributed by atoms with E-state index in [-0.39, 0.29) is 44.8 Å². The molecule has 0 unspecified atom stereocenters. The number of Topliss-reactive ketones (excluding diaryl/α,β-unsaturated/α-hetero) is 2. The lowest BCUT2D eigenvalue weighted by Crippen LogP contribution is -2.24. The molecule has 0 aromatic heterocycles. The van der Waals surface area contributed by atoms with Gasteiger partial charge in [0.25, 0.3) is 0 Å². The fourth-order valence-corrected chi connectivity index (χ4v) is 2.51. The normalized spacial score (nSPS) is 14.0. The van der Waals surface area contributed by atoms with Crippen LogP contribution in [-0.2, 0) is 0 Å². The fourth-order valence-electron chi connectivity index (χ4n) is 2.28. The topological polar surface area (TPSA) is 107 Å². The Morgan fingerprint density at radius 3 is 2.30 bits per heavy atom. The summed E-state index contributed by atoms with van der Waals surface area (Å²) in [6.45, 7) is 0. The lowest BCUT2D eigenvalue weighted by atomic mass is 9.91. The molecule has 4 N–H and O–H groups in total. The van der Waals surface area contributed by atoms with Crippen LogP contribution in [0.1, 0.15) is 20.7 Å².